The number of carbonyl (C=O) groups excluding carboxylic acids is 1. The number of nitrogens with zero attached hydrogens (tertiary/aromatic N) is 1. The molecule has 0 saturated heterocycles. The number of ether oxygens (including phenoxy) is 1. The first-order valence-electron chi connectivity index (χ1n) is 10.8. The Bertz CT molecular complexity index is 1220. The van der Waals surface area contributed by atoms with E-state index >= 15 is 0 Å². The number of anilines is 1. The minimum absolute atomic E-state index is 0.120. The molecule has 3 aromatic rings. The molecular formula is C25H25N3O4S. The molecule has 4 rings (SSSR count). The topological polar surface area (TPSA) is 96.9 Å². The van der Waals surface area contributed by atoms with Gasteiger partial charge in [-0.1, -0.05) is 24.6 Å². The summed E-state index contributed by atoms with van der Waals surface area (Å²) in [5.41, 5.74) is 0.954. The second-order valence-electron chi connectivity index (χ2n) is 7.66. The Morgan fingerprint density at radius 2 is 1.52 bits per heavy atom. The number of sulfonamides is 1. The lowest BCUT2D eigenvalue weighted by atomic mass is 10.2. The van der Waals surface area contributed by atoms with Gasteiger partial charge in [-0.3, -0.25) is 14.5 Å². The van der Waals surface area contributed by atoms with Crippen LogP contribution in [0.4, 0.5) is 5.69 Å². The number of hydrogen-bond acceptors (Lipinski definition) is 5. The van der Waals surface area contributed by atoms with Crippen LogP contribution in [0.15, 0.2) is 88.8 Å². The van der Waals surface area contributed by atoms with E-state index in [1.165, 1.54) is 12.1 Å². The van der Waals surface area contributed by atoms with Crippen LogP contribution in [0.3, 0.4) is 0 Å². The van der Waals surface area contributed by atoms with E-state index in [2.05, 4.69) is 15.0 Å². The molecule has 0 aromatic heterocycles. The summed E-state index contributed by atoms with van der Waals surface area (Å²) in [7, 11) is -3.71. The largest absolute Gasteiger partial charge is 0.457 e. The lowest BCUT2D eigenvalue weighted by molar-refractivity contribution is 0.102. The number of benzene rings is 3. The molecule has 0 unspecified atom stereocenters. The number of aliphatic imine (C=N–C) groups is 1. The first-order chi connectivity index (χ1) is 16.0. The molecule has 2 N–H and O–H groups in total. The van der Waals surface area contributed by atoms with Crippen LogP contribution in [0.25, 0.3) is 0 Å². The molecule has 1 aliphatic heterocycles. The van der Waals surface area contributed by atoms with Crippen molar-refractivity contribution >= 4 is 27.5 Å². The fourth-order valence-electron chi connectivity index (χ4n) is 3.39. The van der Waals surface area contributed by atoms with Crippen molar-refractivity contribution in [2.45, 2.75) is 30.6 Å². The predicted molar refractivity (Wildman–Crippen MR) is 128 cm³/mol. The van der Waals surface area contributed by atoms with Gasteiger partial charge >= 0.3 is 0 Å². The molecule has 7 nitrogen and oxygen atoms in total. The van der Waals surface area contributed by atoms with Gasteiger partial charge in [-0.05, 0) is 73.5 Å². The molecular weight excluding hydrogens is 438 g/mol. The number of para-hydroxylation sites is 1. The fourth-order valence-corrected chi connectivity index (χ4v) is 4.48. The molecule has 0 spiro atoms. The highest BCUT2D eigenvalue weighted by atomic mass is 32.2. The van der Waals surface area contributed by atoms with Gasteiger partial charge in [0.15, 0.2) is 0 Å². The molecule has 1 amide bonds. The molecule has 0 aliphatic carbocycles. The summed E-state index contributed by atoms with van der Waals surface area (Å²) in [6.45, 7) is 0.641. The molecule has 3 aromatic carbocycles. The zero-order chi connectivity index (χ0) is 23.1. The molecule has 1 heterocycles. The van der Waals surface area contributed by atoms with Crippen molar-refractivity contribution in [1.82, 2.24) is 4.72 Å². The summed E-state index contributed by atoms with van der Waals surface area (Å²) in [6.07, 6.45) is 3.57. The van der Waals surface area contributed by atoms with Crippen molar-refractivity contribution < 1.29 is 17.9 Å². The summed E-state index contributed by atoms with van der Waals surface area (Å²) in [6, 6.07) is 22.2. The molecule has 0 atom stereocenters. The Labute approximate surface area is 193 Å². The van der Waals surface area contributed by atoms with Crippen molar-refractivity contribution in [1.29, 1.82) is 0 Å². The van der Waals surface area contributed by atoms with Crippen LogP contribution >= 0.6 is 0 Å². The van der Waals surface area contributed by atoms with E-state index in [0.29, 0.717) is 41.6 Å². The fraction of sp³-hybridized carbons (Fsp3) is 0.200. The van der Waals surface area contributed by atoms with Gasteiger partial charge in [-0.25, -0.2) is 8.42 Å². The van der Waals surface area contributed by atoms with Gasteiger partial charge in [0.25, 0.3) is 15.9 Å². The van der Waals surface area contributed by atoms with Crippen molar-refractivity contribution in [3.63, 3.8) is 0 Å². The van der Waals surface area contributed by atoms with Gasteiger partial charge in [0.2, 0.25) is 0 Å². The van der Waals surface area contributed by atoms with Crippen molar-refractivity contribution in [3.05, 3.63) is 84.4 Å². The van der Waals surface area contributed by atoms with Gasteiger partial charge < -0.3 is 10.1 Å². The third-order valence-electron chi connectivity index (χ3n) is 5.14. The number of carbonyl (C=O) groups is 1. The van der Waals surface area contributed by atoms with E-state index in [0.717, 1.165) is 19.3 Å². The van der Waals surface area contributed by atoms with Crippen LogP contribution in [0.5, 0.6) is 11.5 Å². The van der Waals surface area contributed by atoms with Crippen LogP contribution < -0.4 is 14.8 Å². The van der Waals surface area contributed by atoms with Crippen LogP contribution in [-0.2, 0) is 10.0 Å². The number of amidine groups is 1. The maximum absolute atomic E-state index is 12.6. The third-order valence-corrected chi connectivity index (χ3v) is 6.54. The summed E-state index contributed by atoms with van der Waals surface area (Å²) < 4.78 is 33.6. The van der Waals surface area contributed by atoms with Crippen molar-refractivity contribution in [2.24, 2.45) is 4.99 Å². The van der Waals surface area contributed by atoms with Gasteiger partial charge in [-0.15, -0.1) is 0 Å². The zero-order valence-corrected chi connectivity index (χ0v) is 18.8. The molecule has 0 fully saturated rings. The zero-order valence-electron chi connectivity index (χ0n) is 18.0. The summed E-state index contributed by atoms with van der Waals surface area (Å²) >= 11 is 0. The second-order valence-corrected chi connectivity index (χ2v) is 9.34. The maximum atomic E-state index is 12.6. The maximum Gasteiger partial charge on any atom is 0.262 e. The molecule has 0 bridgehead atoms. The molecule has 8 heteroatoms. The number of amides is 1. The van der Waals surface area contributed by atoms with Gasteiger partial charge in [-0.2, -0.15) is 0 Å². The number of hydrogen-bond donors (Lipinski definition) is 2. The normalized spacial score (nSPS) is 14.0. The molecule has 170 valence electrons. The SMILES string of the molecule is O=C(Nc1ccc(S(=O)(=O)NC2=NCCCCC2)cc1)c1ccc(Oc2ccccc2)cc1. The van der Waals surface area contributed by atoms with E-state index in [-0.39, 0.29) is 10.8 Å². The second kappa shape index (κ2) is 10.3. The summed E-state index contributed by atoms with van der Waals surface area (Å²) in [5, 5.41) is 2.78. The smallest absolute Gasteiger partial charge is 0.262 e. The Kier molecular flexibility index (Phi) is 7.04. The minimum Gasteiger partial charge on any atom is -0.457 e. The van der Waals surface area contributed by atoms with Crippen LogP contribution in [-0.4, -0.2) is 26.7 Å². The van der Waals surface area contributed by atoms with Gasteiger partial charge in [0.1, 0.15) is 17.3 Å². The number of rotatable bonds is 6. The Morgan fingerprint density at radius 1 is 0.818 bits per heavy atom. The lowest BCUT2D eigenvalue weighted by Gasteiger charge is -2.11. The molecule has 0 radical (unpaired) electrons. The van der Waals surface area contributed by atoms with E-state index in [4.69, 9.17) is 4.74 Å². The molecule has 33 heavy (non-hydrogen) atoms. The van der Waals surface area contributed by atoms with Crippen molar-refractivity contribution in [3.8, 4) is 11.5 Å². The Hall–Kier alpha value is -3.65. The highest BCUT2D eigenvalue weighted by molar-refractivity contribution is 7.90. The van der Waals surface area contributed by atoms with Crippen LogP contribution in [0, 0.1) is 0 Å². The van der Waals surface area contributed by atoms with Gasteiger partial charge in [0.05, 0.1) is 4.90 Å². The number of nitrogens with one attached hydrogen (secondary N) is 2. The van der Waals surface area contributed by atoms with Crippen molar-refractivity contribution in [2.75, 3.05) is 11.9 Å². The highest BCUT2D eigenvalue weighted by Crippen LogP contribution is 2.22. The van der Waals surface area contributed by atoms with E-state index in [1.807, 2.05) is 30.3 Å². The summed E-state index contributed by atoms with van der Waals surface area (Å²) in [5.74, 6) is 1.54. The minimum atomic E-state index is -3.71. The average molecular weight is 464 g/mol. The molecule has 1 aliphatic rings. The first-order valence-corrected chi connectivity index (χ1v) is 12.3. The van der Waals surface area contributed by atoms with Gasteiger partial charge in [0, 0.05) is 24.2 Å². The predicted octanol–water partition coefficient (Wildman–Crippen LogP) is 4.98. The summed E-state index contributed by atoms with van der Waals surface area (Å²) in [4.78, 5) is 17.0. The third kappa shape index (κ3) is 6.20. The Morgan fingerprint density at radius 3 is 2.24 bits per heavy atom. The van der Waals surface area contributed by atoms with E-state index in [1.54, 1.807) is 36.4 Å². The average Bonchev–Trinajstić information content (AvgIpc) is 3.09. The Balaban J connectivity index is 1.37. The standard InChI is InChI=1S/C25H25N3O4S/c29-25(19-10-14-22(15-11-19)32-21-7-3-1-4-8-21)27-20-12-16-23(17-13-20)33(30,31)28-24-9-5-2-6-18-26-24/h1,3-4,7-8,10-17H,2,5-6,9,18H2,(H,26,28)(H,27,29). The van der Waals surface area contributed by atoms with Crippen LogP contribution in [0.1, 0.15) is 36.0 Å². The van der Waals surface area contributed by atoms with E-state index in [9.17, 15) is 13.2 Å². The monoisotopic (exact) mass is 463 g/mol. The van der Waals surface area contributed by atoms with Crippen LogP contribution in [0.2, 0.25) is 0 Å². The van der Waals surface area contributed by atoms with E-state index < -0.39 is 10.0 Å². The lowest BCUT2D eigenvalue weighted by Crippen LogP contribution is -2.30. The first kappa shape index (κ1) is 22.5. The molecule has 0 saturated carbocycles. The highest BCUT2D eigenvalue weighted by Gasteiger charge is 2.17. The quantitative estimate of drug-likeness (QED) is 0.539.